The molecule has 0 bridgehead atoms. The van der Waals surface area contributed by atoms with Gasteiger partial charge < -0.3 is 10.0 Å². The van der Waals surface area contributed by atoms with E-state index in [1.165, 1.54) is 9.58 Å². The zero-order chi connectivity index (χ0) is 13.0. The first kappa shape index (κ1) is 13.1. The largest absolute Gasteiger partial charge is 0.476 e. The Bertz CT molecular complexity index is 425. The molecule has 0 fully saturated rings. The average molecular weight is 240 g/mol. The van der Waals surface area contributed by atoms with Gasteiger partial charge in [-0.2, -0.15) is 0 Å². The van der Waals surface area contributed by atoms with Crippen LogP contribution in [0.1, 0.15) is 29.5 Å². The van der Waals surface area contributed by atoms with Crippen molar-refractivity contribution >= 4 is 11.9 Å². The molecule has 0 radical (unpaired) electrons. The van der Waals surface area contributed by atoms with Gasteiger partial charge in [0.2, 0.25) is 5.91 Å². The summed E-state index contributed by atoms with van der Waals surface area (Å²) in [5.74, 6) is -1.26. The summed E-state index contributed by atoms with van der Waals surface area (Å²) in [4.78, 5) is 23.9. The number of aromatic carboxylic acids is 1. The van der Waals surface area contributed by atoms with Gasteiger partial charge >= 0.3 is 5.97 Å². The Morgan fingerprint density at radius 3 is 2.53 bits per heavy atom. The van der Waals surface area contributed by atoms with Crippen molar-refractivity contribution in [2.24, 2.45) is 0 Å². The SMILES string of the molecule is CCCc1c(C(=O)O)nnn1CC(=O)N(C)C. The molecular formula is C10H16N4O3. The molecule has 1 rings (SSSR count). The fraction of sp³-hybridized carbons (Fsp3) is 0.600. The van der Waals surface area contributed by atoms with Gasteiger partial charge in [-0.05, 0) is 6.42 Å². The van der Waals surface area contributed by atoms with Crippen molar-refractivity contribution in [2.75, 3.05) is 14.1 Å². The Labute approximate surface area is 99.0 Å². The maximum Gasteiger partial charge on any atom is 0.358 e. The highest BCUT2D eigenvalue weighted by atomic mass is 16.4. The summed E-state index contributed by atoms with van der Waals surface area (Å²) in [6.45, 7) is 1.94. The number of amides is 1. The third-order valence-corrected chi connectivity index (χ3v) is 2.31. The first-order valence-electron chi connectivity index (χ1n) is 5.33. The Balaban J connectivity index is 2.99. The molecule has 1 aromatic rings. The molecular weight excluding hydrogens is 224 g/mol. The van der Waals surface area contributed by atoms with Crippen LogP contribution in [-0.4, -0.2) is 51.0 Å². The molecule has 0 aromatic carbocycles. The van der Waals surface area contributed by atoms with Crippen LogP contribution in [0.5, 0.6) is 0 Å². The molecule has 1 amide bonds. The number of nitrogens with zero attached hydrogens (tertiary/aromatic N) is 4. The Morgan fingerprint density at radius 2 is 2.06 bits per heavy atom. The van der Waals surface area contributed by atoms with Gasteiger partial charge in [-0.3, -0.25) is 4.79 Å². The molecule has 0 unspecified atom stereocenters. The van der Waals surface area contributed by atoms with Crippen molar-refractivity contribution in [1.82, 2.24) is 19.9 Å². The maximum atomic E-state index is 11.5. The second-order valence-corrected chi connectivity index (χ2v) is 3.89. The lowest BCUT2D eigenvalue weighted by atomic mass is 10.2. The highest BCUT2D eigenvalue weighted by molar-refractivity contribution is 5.86. The molecule has 7 nitrogen and oxygen atoms in total. The zero-order valence-corrected chi connectivity index (χ0v) is 10.2. The summed E-state index contributed by atoms with van der Waals surface area (Å²) < 4.78 is 1.36. The number of hydrogen-bond acceptors (Lipinski definition) is 4. The van der Waals surface area contributed by atoms with E-state index in [0.717, 1.165) is 6.42 Å². The normalized spacial score (nSPS) is 10.3. The highest BCUT2D eigenvalue weighted by Crippen LogP contribution is 2.08. The monoisotopic (exact) mass is 240 g/mol. The molecule has 7 heteroatoms. The maximum absolute atomic E-state index is 11.5. The lowest BCUT2D eigenvalue weighted by molar-refractivity contribution is -0.129. The standard InChI is InChI=1S/C10H16N4O3/c1-4-5-7-9(10(16)17)11-12-14(7)6-8(15)13(2)3/h4-6H2,1-3H3,(H,16,17). The van der Waals surface area contributed by atoms with E-state index in [4.69, 9.17) is 5.11 Å². The van der Waals surface area contributed by atoms with Crippen LogP contribution < -0.4 is 0 Å². The van der Waals surface area contributed by atoms with E-state index < -0.39 is 5.97 Å². The second-order valence-electron chi connectivity index (χ2n) is 3.89. The molecule has 0 spiro atoms. The fourth-order valence-electron chi connectivity index (χ4n) is 1.38. The van der Waals surface area contributed by atoms with Gasteiger partial charge in [0.25, 0.3) is 0 Å². The summed E-state index contributed by atoms with van der Waals surface area (Å²) in [6.07, 6.45) is 1.30. The third kappa shape index (κ3) is 3.02. The van der Waals surface area contributed by atoms with Crippen molar-refractivity contribution < 1.29 is 14.7 Å². The van der Waals surface area contributed by atoms with Gasteiger partial charge in [-0.1, -0.05) is 18.6 Å². The highest BCUT2D eigenvalue weighted by Gasteiger charge is 2.19. The lowest BCUT2D eigenvalue weighted by Crippen LogP contribution is -2.27. The van der Waals surface area contributed by atoms with Crippen molar-refractivity contribution in [3.63, 3.8) is 0 Å². The summed E-state index contributed by atoms with van der Waals surface area (Å²) in [5.41, 5.74) is 0.425. The molecule has 17 heavy (non-hydrogen) atoms. The predicted molar refractivity (Wildman–Crippen MR) is 59.7 cm³/mol. The molecule has 0 aliphatic carbocycles. The van der Waals surface area contributed by atoms with E-state index in [-0.39, 0.29) is 18.1 Å². The van der Waals surface area contributed by atoms with Crippen LogP contribution in [0.25, 0.3) is 0 Å². The molecule has 0 saturated carbocycles. The van der Waals surface area contributed by atoms with E-state index in [0.29, 0.717) is 12.1 Å². The van der Waals surface area contributed by atoms with Gasteiger partial charge in [0, 0.05) is 14.1 Å². The van der Waals surface area contributed by atoms with Gasteiger partial charge in [0.15, 0.2) is 5.69 Å². The number of hydrogen-bond donors (Lipinski definition) is 1. The molecule has 0 aliphatic heterocycles. The third-order valence-electron chi connectivity index (χ3n) is 2.31. The van der Waals surface area contributed by atoms with E-state index in [1.54, 1.807) is 14.1 Å². The fourth-order valence-corrected chi connectivity index (χ4v) is 1.38. The van der Waals surface area contributed by atoms with Gasteiger partial charge in [0.1, 0.15) is 6.54 Å². The lowest BCUT2D eigenvalue weighted by Gasteiger charge is -2.11. The van der Waals surface area contributed by atoms with Crippen molar-refractivity contribution in [3.8, 4) is 0 Å². The molecule has 0 saturated heterocycles. The molecule has 1 aromatic heterocycles. The number of carbonyl (C=O) groups is 2. The van der Waals surface area contributed by atoms with E-state index in [2.05, 4.69) is 10.3 Å². The minimum atomic E-state index is -1.11. The number of carboxylic acids is 1. The van der Waals surface area contributed by atoms with E-state index in [1.807, 2.05) is 6.92 Å². The molecule has 1 N–H and O–H groups in total. The minimum Gasteiger partial charge on any atom is -0.476 e. The molecule has 0 aliphatic rings. The summed E-state index contributed by atoms with van der Waals surface area (Å²) >= 11 is 0. The molecule has 1 heterocycles. The predicted octanol–water partition coefficient (Wildman–Crippen LogP) is 0.0170. The van der Waals surface area contributed by atoms with Crippen LogP contribution in [0.4, 0.5) is 0 Å². The number of rotatable bonds is 5. The number of likely N-dealkylation sites (N-methyl/N-ethyl adjacent to an activating group) is 1. The van der Waals surface area contributed by atoms with E-state index in [9.17, 15) is 9.59 Å². The Morgan fingerprint density at radius 1 is 1.41 bits per heavy atom. The van der Waals surface area contributed by atoms with Gasteiger partial charge in [0.05, 0.1) is 5.69 Å². The first-order valence-corrected chi connectivity index (χ1v) is 5.33. The average Bonchev–Trinajstić information content (AvgIpc) is 2.62. The van der Waals surface area contributed by atoms with E-state index >= 15 is 0 Å². The van der Waals surface area contributed by atoms with Crippen LogP contribution in [0.3, 0.4) is 0 Å². The van der Waals surface area contributed by atoms with Gasteiger partial charge in [-0.25, -0.2) is 9.48 Å². The number of carbonyl (C=O) groups excluding carboxylic acids is 1. The summed E-state index contributed by atoms with van der Waals surface area (Å²) in [5, 5.41) is 16.2. The minimum absolute atomic E-state index is 0.0165. The van der Waals surface area contributed by atoms with Crippen molar-refractivity contribution in [1.29, 1.82) is 0 Å². The van der Waals surface area contributed by atoms with Crippen LogP contribution in [0.15, 0.2) is 0 Å². The quantitative estimate of drug-likeness (QED) is 0.783. The van der Waals surface area contributed by atoms with Gasteiger partial charge in [-0.15, -0.1) is 5.10 Å². The zero-order valence-electron chi connectivity index (χ0n) is 10.2. The molecule has 0 atom stereocenters. The number of aromatic nitrogens is 3. The van der Waals surface area contributed by atoms with Crippen molar-refractivity contribution in [2.45, 2.75) is 26.3 Å². The first-order chi connectivity index (χ1) is 7.97. The Hall–Kier alpha value is -1.92. The smallest absolute Gasteiger partial charge is 0.358 e. The summed E-state index contributed by atoms with van der Waals surface area (Å²) in [6, 6.07) is 0. The van der Waals surface area contributed by atoms with Crippen LogP contribution >= 0.6 is 0 Å². The molecule has 94 valence electrons. The van der Waals surface area contributed by atoms with Crippen molar-refractivity contribution in [3.05, 3.63) is 11.4 Å². The van der Waals surface area contributed by atoms with Crippen LogP contribution in [-0.2, 0) is 17.8 Å². The summed E-state index contributed by atoms with van der Waals surface area (Å²) in [7, 11) is 3.27. The topological polar surface area (TPSA) is 88.3 Å². The second kappa shape index (κ2) is 5.42. The Kier molecular flexibility index (Phi) is 4.19. The van der Waals surface area contributed by atoms with Crippen LogP contribution in [0, 0.1) is 0 Å². The van der Waals surface area contributed by atoms with Crippen LogP contribution in [0.2, 0.25) is 0 Å². The number of carboxylic acid groups (broad SMARTS) is 1.